The van der Waals surface area contributed by atoms with E-state index < -0.39 is 5.97 Å². The Morgan fingerprint density at radius 3 is 3.00 bits per heavy atom. The van der Waals surface area contributed by atoms with Crippen molar-refractivity contribution < 1.29 is 9.90 Å². The highest BCUT2D eigenvalue weighted by atomic mass is 16.4. The van der Waals surface area contributed by atoms with Crippen molar-refractivity contribution in [3.05, 3.63) is 24.0 Å². The first-order chi connectivity index (χ1) is 7.68. The fourth-order valence-corrected chi connectivity index (χ4v) is 2.25. The van der Waals surface area contributed by atoms with Gasteiger partial charge in [-0.15, -0.1) is 0 Å². The first kappa shape index (κ1) is 10.9. The summed E-state index contributed by atoms with van der Waals surface area (Å²) >= 11 is 0. The predicted octanol–water partition coefficient (Wildman–Crippen LogP) is 2.38. The van der Waals surface area contributed by atoms with Gasteiger partial charge in [-0.25, -0.2) is 9.78 Å². The number of rotatable bonds is 3. The molecule has 0 aromatic carbocycles. The van der Waals surface area contributed by atoms with E-state index in [0.717, 1.165) is 6.42 Å². The molecular formula is C12H16N2O2. The number of carboxylic acids is 1. The Labute approximate surface area is 94.7 Å². The normalized spacial score (nSPS) is 24.3. The van der Waals surface area contributed by atoms with Crippen LogP contribution in [-0.2, 0) is 0 Å². The highest BCUT2D eigenvalue weighted by Crippen LogP contribution is 2.28. The predicted molar refractivity (Wildman–Crippen MR) is 61.6 cm³/mol. The first-order valence-corrected chi connectivity index (χ1v) is 5.63. The van der Waals surface area contributed by atoms with Crippen LogP contribution in [0.5, 0.6) is 0 Å². The molecule has 2 atom stereocenters. The number of carboxylic acid groups (broad SMARTS) is 1. The van der Waals surface area contributed by atoms with Crippen molar-refractivity contribution in [2.24, 2.45) is 5.92 Å². The van der Waals surface area contributed by atoms with Gasteiger partial charge in [-0.3, -0.25) is 0 Å². The van der Waals surface area contributed by atoms with Gasteiger partial charge in [0.25, 0.3) is 0 Å². The summed E-state index contributed by atoms with van der Waals surface area (Å²) in [6, 6.07) is 3.91. The summed E-state index contributed by atoms with van der Waals surface area (Å²) in [5.41, 5.74) is 0.746. The fraction of sp³-hybridized carbons (Fsp3) is 0.500. The van der Waals surface area contributed by atoms with Crippen LogP contribution in [0.1, 0.15) is 36.7 Å². The largest absolute Gasteiger partial charge is 0.476 e. The molecule has 1 fully saturated rings. The Balaban J connectivity index is 2.17. The summed E-state index contributed by atoms with van der Waals surface area (Å²) in [5, 5.41) is 12.3. The molecule has 1 aliphatic rings. The highest BCUT2D eigenvalue weighted by molar-refractivity contribution is 5.91. The molecule has 1 aromatic rings. The van der Waals surface area contributed by atoms with Crippen molar-refractivity contribution >= 4 is 11.7 Å². The van der Waals surface area contributed by atoms with Crippen LogP contribution in [0.4, 0.5) is 5.69 Å². The van der Waals surface area contributed by atoms with Crippen molar-refractivity contribution in [1.29, 1.82) is 0 Å². The van der Waals surface area contributed by atoms with Gasteiger partial charge in [0.1, 0.15) is 0 Å². The quantitative estimate of drug-likeness (QED) is 0.821. The molecule has 1 saturated carbocycles. The van der Waals surface area contributed by atoms with Crippen molar-refractivity contribution in [1.82, 2.24) is 4.98 Å². The molecule has 0 amide bonds. The molecule has 16 heavy (non-hydrogen) atoms. The van der Waals surface area contributed by atoms with E-state index in [4.69, 9.17) is 5.11 Å². The number of carbonyl (C=O) groups is 1. The molecule has 2 rings (SSSR count). The minimum absolute atomic E-state index is 0.113. The molecule has 2 unspecified atom stereocenters. The van der Waals surface area contributed by atoms with E-state index in [1.165, 1.54) is 19.0 Å². The maximum atomic E-state index is 11.0. The van der Waals surface area contributed by atoms with E-state index in [1.54, 1.807) is 12.1 Å². The van der Waals surface area contributed by atoms with Gasteiger partial charge >= 0.3 is 5.97 Å². The number of nitrogens with one attached hydrogen (secondary N) is 1. The summed E-state index contributed by atoms with van der Waals surface area (Å²) in [4.78, 5) is 14.9. The third kappa shape index (κ3) is 2.15. The summed E-state index contributed by atoms with van der Waals surface area (Å²) in [5.74, 6) is -0.379. The van der Waals surface area contributed by atoms with Gasteiger partial charge in [-0.05, 0) is 30.9 Å². The molecule has 86 valence electrons. The lowest BCUT2D eigenvalue weighted by Gasteiger charge is -2.19. The van der Waals surface area contributed by atoms with E-state index >= 15 is 0 Å². The molecule has 1 aromatic heterocycles. The van der Waals surface area contributed by atoms with E-state index in [2.05, 4.69) is 17.2 Å². The Kier molecular flexibility index (Phi) is 3.08. The van der Waals surface area contributed by atoms with Gasteiger partial charge in [0.05, 0.1) is 5.69 Å². The average molecular weight is 220 g/mol. The monoisotopic (exact) mass is 220 g/mol. The zero-order chi connectivity index (χ0) is 11.5. The van der Waals surface area contributed by atoms with Crippen molar-refractivity contribution in [2.75, 3.05) is 5.32 Å². The molecule has 1 heterocycles. The number of aromatic nitrogens is 1. The Morgan fingerprint density at radius 1 is 1.56 bits per heavy atom. The van der Waals surface area contributed by atoms with Crippen LogP contribution in [0.3, 0.4) is 0 Å². The standard InChI is InChI=1S/C12H16N2O2/c1-8-4-2-5-9(8)14-10-6-3-7-13-11(10)12(15)16/h3,6-9,14H,2,4-5H2,1H3,(H,15,16). The molecule has 4 nitrogen and oxygen atoms in total. The Bertz CT molecular complexity index is 392. The number of nitrogens with zero attached hydrogens (tertiary/aromatic N) is 1. The zero-order valence-electron chi connectivity index (χ0n) is 9.31. The zero-order valence-corrected chi connectivity index (χ0v) is 9.31. The van der Waals surface area contributed by atoms with Crippen molar-refractivity contribution in [2.45, 2.75) is 32.2 Å². The van der Waals surface area contributed by atoms with Crippen LogP contribution in [0.15, 0.2) is 18.3 Å². The maximum absolute atomic E-state index is 11.0. The lowest BCUT2D eigenvalue weighted by molar-refractivity contribution is 0.0691. The van der Waals surface area contributed by atoms with Crippen LogP contribution >= 0.6 is 0 Å². The third-order valence-electron chi connectivity index (χ3n) is 3.21. The average Bonchev–Trinajstić information content (AvgIpc) is 2.65. The number of aromatic carboxylic acids is 1. The molecule has 0 saturated heterocycles. The van der Waals surface area contributed by atoms with Gasteiger partial charge in [0, 0.05) is 12.2 Å². The van der Waals surface area contributed by atoms with Gasteiger partial charge in [0.2, 0.25) is 0 Å². The molecule has 2 N–H and O–H groups in total. The van der Waals surface area contributed by atoms with Crippen molar-refractivity contribution in [3.8, 4) is 0 Å². The molecule has 0 bridgehead atoms. The van der Waals surface area contributed by atoms with E-state index in [9.17, 15) is 4.79 Å². The van der Waals surface area contributed by atoms with Crippen LogP contribution in [0.2, 0.25) is 0 Å². The van der Waals surface area contributed by atoms with Crippen LogP contribution in [-0.4, -0.2) is 22.1 Å². The van der Waals surface area contributed by atoms with Crippen molar-refractivity contribution in [3.63, 3.8) is 0 Å². The Morgan fingerprint density at radius 2 is 2.38 bits per heavy atom. The summed E-state index contributed by atoms with van der Waals surface area (Å²) in [6.07, 6.45) is 5.03. The van der Waals surface area contributed by atoms with E-state index in [0.29, 0.717) is 17.6 Å². The van der Waals surface area contributed by atoms with E-state index in [-0.39, 0.29) is 5.69 Å². The topological polar surface area (TPSA) is 62.2 Å². The van der Waals surface area contributed by atoms with Crippen LogP contribution in [0, 0.1) is 5.92 Å². The van der Waals surface area contributed by atoms with Gasteiger partial charge in [-0.2, -0.15) is 0 Å². The highest BCUT2D eigenvalue weighted by Gasteiger charge is 2.24. The molecule has 4 heteroatoms. The summed E-state index contributed by atoms with van der Waals surface area (Å²) in [6.45, 7) is 2.20. The third-order valence-corrected chi connectivity index (χ3v) is 3.21. The summed E-state index contributed by atoms with van der Waals surface area (Å²) < 4.78 is 0. The second-order valence-corrected chi connectivity index (χ2v) is 4.36. The number of anilines is 1. The maximum Gasteiger partial charge on any atom is 0.356 e. The lowest BCUT2D eigenvalue weighted by atomic mass is 10.1. The number of hydrogen-bond acceptors (Lipinski definition) is 3. The molecule has 0 aliphatic heterocycles. The van der Waals surface area contributed by atoms with Gasteiger partial charge in [-0.1, -0.05) is 13.3 Å². The molecule has 1 aliphatic carbocycles. The minimum atomic E-state index is -0.978. The minimum Gasteiger partial charge on any atom is -0.476 e. The fourth-order valence-electron chi connectivity index (χ4n) is 2.25. The number of pyridine rings is 1. The molecular weight excluding hydrogens is 204 g/mol. The van der Waals surface area contributed by atoms with Crippen LogP contribution < -0.4 is 5.32 Å². The SMILES string of the molecule is CC1CCCC1Nc1cccnc1C(=O)O. The van der Waals surface area contributed by atoms with E-state index in [1.807, 2.05) is 0 Å². The summed E-state index contributed by atoms with van der Waals surface area (Å²) in [7, 11) is 0. The number of hydrogen-bond donors (Lipinski definition) is 2. The van der Waals surface area contributed by atoms with Crippen LogP contribution in [0.25, 0.3) is 0 Å². The first-order valence-electron chi connectivity index (χ1n) is 5.63. The Hall–Kier alpha value is -1.58. The smallest absolute Gasteiger partial charge is 0.356 e. The molecule has 0 spiro atoms. The van der Waals surface area contributed by atoms with Gasteiger partial charge < -0.3 is 10.4 Å². The second-order valence-electron chi connectivity index (χ2n) is 4.36. The van der Waals surface area contributed by atoms with Gasteiger partial charge in [0.15, 0.2) is 5.69 Å². The second kappa shape index (κ2) is 4.51. The lowest BCUT2D eigenvalue weighted by Crippen LogP contribution is -2.23. The molecule has 0 radical (unpaired) electrons.